The third-order valence-corrected chi connectivity index (χ3v) is 6.28. The second kappa shape index (κ2) is 9.78. The minimum Gasteiger partial charge on any atom is -0.444 e. The van der Waals surface area contributed by atoms with Gasteiger partial charge in [0.05, 0.1) is 31.3 Å². The predicted molar refractivity (Wildman–Crippen MR) is 130 cm³/mol. The first kappa shape index (κ1) is 24.9. The second-order valence-electron chi connectivity index (χ2n) is 10.3. The van der Waals surface area contributed by atoms with E-state index in [1.165, 1.54) is 4.90 Å². The van der Waals surface area contributed by atoms with Crippen LogP contribution in [-0.2, 0) is 14.3 Å². The average Bonchev–Trinajstić information content (AvgIpc) is 3.17. The molecule has 2 aliphatic rings. The number of hydrogen-bond acceptors (Lipinski definition) is 6. The molecule has 0 aliphatic carbocycles. The van der Waals surface area contributed by atoms with Crippen molar-refractivity contribution in [3.05, 3.63) is 41.9 Å². The van der Waals surface area contributed by atoms with Gasteiger partial charge in [-0.3, -0.25) is 9.78 Å². The Balaban J connectivity index is 1.46. The minimum absolute atomic E-state index is 0.00927. The van der Waals surface area contributed by atoms with Gasteiger partial charge in [0, 0.05) is 42.7 Å². The maximum atomic E-state index is 14.7. The first-order valence-electron chi connectivity index (χ1n) is 11.9. The summed E-state index contributed by atoms with van der Waals surface area (Å²) in [6, 6.07) is 7.36. The summed E-state index contributed by atoms with van der Waals surface area (Å²) in [5, 5.41) is 0.842. The minimum atomic E-state index is -1.29. The third kappa shape index (κ3) is 5.54. The van der Waals surface area contributed by atoms with Crippen LogP contribution in [0.5, 0.6) is 0 Å². The lowest BCUT2D eigenvalue weighted by molar-refractivity contribution is -0.136. The Morgan fingerprint density at radius 1 is 1.23 bits per heavy atom. The number of morpholine rings is 1. The highest BCUT2D eigenvalue weighted by Crippen LogP contribution is 2.34. The van der Waals surface area contributed by atoms with E-state index in [0.717, 1.165) is 11.1 Å². The molecule has 35 heavy (non-hydrogen) atoms. The van der Waals surface area contributed by atoms with Crippen molar-refractivity contribution < 1.29 is 23.5 Å². The Bertz CT molecular complexity index is 1160. The summed E-state index contributed by atoms with van der Waals surface area (Å²) in [5.74, 6) is -0.771. The molecule has 9 heteroatoms. The summed E-state index contributed by atoms with van der Waals surface area (Å²) in [4.78, 5) is 36.9. The second-order valence-corrected chi connectivity index (χ2v) is 10.3. The van der Waals surface area contributed by atoms with E-state index in [-0.39, 0.29) is 31.4 Å². The number of amides is 1. The number of nitrogens with zero attached hydrogens (tertiary/aromatic N) is 4. The van der Waals surface area contributed by atoms with E-state index in [1.807, 2.05) is 25.1 Å². The van der Waals surface area contributed by atoms with E-state index in [2.05, 4.69) is 14.7 Å². The molecule has 2 aromatic rings. The van der Waals surface area contributed by atoms with Gasteiger partial charge >= 0.3 is 6.09 Å². The van der Waals surface area contributed by atoms with Crippen molar-refractivity contribution in [2.75, 3.05) is 31.1 Å². The van der Waals surface area contributed by atoms with E-state index in [1.54, 1.807) is 33.0 Å². The molecule has 2 saturated heterocycles. The Kier molecular flexibility index (Phi) is 6.95. The number of alkyl halides is 1. The standard InChI is InChI=1S/C26H31FN4O4/c1-16-12-30(21-9-8-20(28-5)24-18(21)7-6-10-29-24)15-23(34-16)22(32)11-17-13-31(14-19(17)27)25(33)35-26(2,3)4/h6-10,16-17,19,23H,11-15H2,1-4H3/t16-,17+,19-,23-/m1/s1. The van der Waals surface area contributed by atoms with Crippen molar-refractivity contribution in [3.63, 3.8) is 0 Å². The number of halogens is 1. The Morgan fingerprint density at radius 3 is 2.71 bits per heavy atom. The number of fused-ring (bicyclic) bond motifs is 1. The van der Waals surface area contributed by atoms with Gasteiger partial charge in [0.2, 0.25) is 5.69 Å². The van der Waals surface area contributed by atoms with Crippen molar-refractivity contribution in [2.45, 2.75) is 58.1 Å². The first-order valence-corrected chi connectivity index (χ1v) is 11.9. The van der Waals surface area contributed by atoms with Crippen molar-refractivity contribution in [1.82, 2.24) is 9.88 Å². The van der Waals surface area contributed by atoms with Crippen molar-refractivity contribution in [1.29, 1.82) is 0 Å². The molecule has 8 nitrogen and oxygen atoms in total. The average molecular weight is 483 g/mol. The van der Waals surface area contributed by atoms with Gasteiger partial charge in [-0.05, 0) is 39.8 Å². The number of anilines is 1. The molecular weight excluding hydrogens is 451 g/mol. The third-order valence-electron chi connectivity index (χ3n) is 6.28. The van der Waals surface area contributed by atoms with Crippen LogP contribution in [-0.4, -0.2) is 71.9 Å². The van der Waals surface area contributed by atoms with Gasteiger partial charge in [-0.15, -0.1) is 0 Å². The summed E-state index contributed by atoms with van der Waals surface area (Å²) in [6.07, 6.45) is -1.14. The number of carbonyl (C=O) groups is 2. The number of ketones is 1. The summed E-state index contributed by atoms with van der Waals surface area (Å²) in [5.41, 5.74) is 1.31. The van der Waals surface area contributed by atoms with Crippen molar-refractivity contribution in [2.24, 2.45) is 5.92 Å². The fourth-order valence-electron chi connectivity index (χ4n) is 4.72. The highest BCUT2D eigenvalue weighted by atomic mass is 19.1. The molecule has 3 heterocycles. The van der Waals surface area contributed by atoms with Gasteiger partial charge in [0.1, 0.15) is 17.9 Å². The van der Waals surface area contributed by atoms with Gasteiger partial charge < -0.3 is 19.3 Å². The Morgan fingerprint density at radius 2 is 2.00 bits per heavy atom. The lowest BCUT2D eigenvalue weighted by atomic mass is 9.96. The first-order chi connectivity index (χ1) is 16.6. The van der Waals surface area contributed by atoms with Gasteiger partial charge in [-0.1, -0.05) is 12.1 Å². The monoisotopic (exact) mass is 482 g/mol. The summed E-state index contributed by atoms with van der Waals surface area (Å²) in [7, 11) is 0. The molecule has 4 atom stereocenters. The highest BCUT2D eigenvalue weighted by molar-refractivity contribution is 6.00. The zero-order valence-electron chi connectivity index (χ0n) is 20.5. The molecule has 1 amide bonds. The Labute approximate surface area is 204 Å². The fourth-order valence-corrected chi connectivity index (χ4v) is 4.72. The van der Waals surface area contributed by atoms with Crippen LogP contribution in [0.4, 0.5) is 20.6 Å². The van der Waals surface area contributed by atoms with Crippen molar-refractivity contribution in [3.8, 4) is 0 Å². The van der Waals surface area contributed by atoms with Crippen LogP contribution in [0.15, 0.2) is 30.5 Å². The molecular formula is C26H31FN4O4. The zero-order valence-corrected chi connectivity index (χ0v) is 20.5. The van der Waals surface area contributed by atoms with Gasteiger partial charge in [0.15, 0.2) is 5.78 Å². The van der Waals surface area contributed by atoms with Crippen LogP contribution in [0.1, 0.15) is 34.1 Å². The maximum absolute atomic E-state index is 14.7. The number of rotatable bonds is 4. The number of likely N-dealkylation sites (tertiary alicyclic amines) is 1. The number of aromatic nitrogens is 1. The molecule has 2 aliphatic heterocycles. The predicted octanol–water partition coefficient (Wildman–Crippen LogP) is 4.54. The van der Waals surface area contributed by atoms with E-state index in [4.69, 9.17) is 16.0 Å². The highest BCUT2D eigenvalue weighted by Gasteiger charge is 2.40. The molecule has 186 valence electrons. The smallest absolute Gasteiger partial charge is 0.410 e. The molecule has 0 saturated carbocycles. The van der Waals surface area contributed by atoms with E-state index >= 15 is 0 Å². The number of hydrogen-bond donors (Lipinski definition) is 0. The molecule has 0 N–H and O–H groups in total. The quantitative estimate of drug-likeness (QED) is 0.596. The van der Waals surface area contributed by atoms with Crippen molar-refractivity contribution >= 4 is 34.2 Å². The largest absolute Gasteiger partial charge is 0.444 e. The summed E-state index contributed by atoms with van der Waals surface area (Å²) < 4.78 is 26.0. The lowest BCUT2D eigenvalue weighted by Crippen LogP contribution is -2.50. The van der Waals surface area contributed by atoms with Crippen LogP contribution in [0.2, 0.25) is 0 Å². The van der Waals surface area contributed by atoms with E-state index in [9.17, 15) is 14.0 Å². The molecule has 0 bridgehead atoms. The molecule has 2 fully saturated rings. The summed E-state index contributed by atoms with van der Waals surface area (Å²) >= 11 is 0. The summed E-state index contributed by atoms with van der Waals surface area (Å²) in [6.45, 7) is 15.6. The molecule has 0 spiro atoms. The molecule has 0 radical (unpaired) electrons. The molecule has 1 aromatic carbocycles. The number of ether oxygens (including phenoxy) is 2. The zero-order chi connectivity index (χ0) is 25.3. The van der Waals surface area contributed by atoms with E-state index in [0.29, 0.717) is 24.3 Å². The number of Topliss-reactive ketones (excluding diaryl/α,β-unsaturated/α-hetero) is 1. The van der Waals surface area contributed by atoms with Gasteiger partial charge in [-0.2, -0.15) is 0 Å². The normalized spacial score (nSPS) is 24.9. The lowest BCUT2D eigenvalue weighted by Gasteiger charge is -2.38. The molecule has 1 aromatic heterocycles. The number of pyridine rings is 1. The maximum Gasteiger partial charge on any atom is 0.410 e. The molecule has 0 unspecified atom stereocenters. The van der Waals surface area contributed by atoms with Crippen LogP contribution in [0.25, 0.3) is 15.7 Å². The van der Waals surface area contributed by atoms with Crippen LogP contribution < -0.4 is 4.90 Å². The fraction of sp³-hybridized carbons (Fsp3) is 0.538. The van der Waals surface area contributed by atoms with Gasteiger partial charge in [-0.25, -0.2) is 14.0 Å². The van der Waals surface area contributed by atoms with Crippen LogP contribution in [0, 0.1) is 12.5 Å². The van der Waals surface area contributed by atoms with Gasteiger partial charge in [0.25, 0.3) is 0 Å². The topological polar surface area (TPSA) is 76.3 Å². The Hall–Kier alpha value is -3.25. The van der Waals surface area contributed by atoms with E-state index < -0.39 is 29.9 Å². The SMILES string of the molecule is [C-]#[N+]c1ccc(N2C[C@@H](C)O[C@@H](C(=O)C[C@H]3CN(C(=O)OC(C)(C)C)C[C@H]3F)C2)c2cccnc12. The number of benzene rings is 1. The van der Waals surface area contributed by atoms with Crippen LogP contribution in [0.3, 0.4) is 0 Å². The van der Waals surface area contributed by atoms with Crippen LogP contribution >= 0.6 is 0 Å². The number of carbonyl (C=O) groups excluding carboxylic acids is 2. The molecule has 4 rings (SSSR count).